The van der Waals surface area contributed by atoms with Crippen molar-refractivity contribution in [3.63, 3.8) is 0 Å². The van der Waals surface area contributed by atoms with Crippen molar-refractivity contribution in [1.29, 1.82) is 5.26 Å². The molecule has 20 heavy (non-hydrogen) atoms. The Balaban J connectivity index is 1.54. The van der Waals surface area contributed by atoms with E-state index < -0.39 is 0 Å². The minimum atomic E-state index is 0.174. The predicted octanol–water partition coefficient (Wildman–Crippen LogP) is 3.36. The van der Waals surface area contributed by atoms with Crippen LogP contribution in [0.25, 0.3) is 0 Å². The van der Waals surface area contributed by atoms with Crippen molar-refractivity contribution in [3.05, 3.63) is 0 Å². The number of likely N-dealkylation sites (tertiary alicyclic amines) is 1. The number of piperidine rings is 1. The van der Waals surface area contributed by atoms with Crippen molar-refractivity contribution in [3.8, 4) is 6.07 Å². The number of fused-ring (bicyclic) bond motifs is 1. The molecule has 1 aliphatic heterocycles. The summed E-state index contributed by atoms with van der Waals surface area (Å²) >= 11 is 0. The minimum absolute atomic E-state index is 0.174. The van der Waals surface area contributed by atoms with Gasteiger partial charge in [0.05, 0.1) is 6.07 Å². The highest BCUT2D eigenvalue weighted by Gasteiger charge is 2.37. The maximum Gasteiger partial charge on any atom is 0.225 e. The lowest BCUT2D eigenvalue weighted by Gasteiger charge is -2.41. The van der Waals surface area contributed by atoms with Crippen LogP contribution < -0.4 is 0 Å². The molecule has 3 heteroatoms. The number of nitriles is 1. The maximum absolute atomic E-state index is 12.7. The van der Waals surface area contributed by atoms with E-state index in [1.54, 1.807) is 0 Å². The van der Waals surface area contributed by atoms with E-state index in [4.69, 9.17) is 5.26 Å². The van der Waals surface area contributed by atoms with E-state index >= 15 is 0 Å². The molecule has 1 heterocycles. The fourth-order valence-corrected chi connectivity index (χ4v) is 4.58. The van der Waals surface area contributed by atoms with Crippen LogP contribution in [0.15, 0.2) is 0 Å². The Hall–Kier alpha value is -1.04. The van der Waals surface area contributed by atoms with E-state index in [2.05, 4.69) is 6.07 Å². The Kier molecular flexibility index (Phi) is 4.29. The second kappa shape index (κ2) is 6.16. The molecule has 3 nitrogen and oxygen atoms in total. The number of rotatable bonds is 1. The molecule has 110 valence electrons. The van der Waals surface area contributed by atoms with Crippen LogP contribution in [-0.4, -0.2) is 23.9 Å². The zero-order chi connectivity index (χ0) is 13.9. The van der Waals surface area contributed by atoms with Gasteiger partial charge in [0.2, 0.25) is 5.91 Å². The molecular weight excluding hydrogens is 248 g/mol. The third kappa shape index (κ3) is 2.85. The van der Waals surface area contributed by atoms with Crippen LogP contribution in [0.3, 0.4) is 0 Å². The summed E-state index contributed by atoms with van der Waals surface area (Å²) in [6.07, 6.45) is 10.8. The number of hydrogen-bond acceptors (Lipinski definition) is 2. The van der Waals surface area contributed by atoms with Gasteiger partial charge in [-0.2, -0.15) is 5.26 Å². The Morgan fingerprint density at radius 3 is 2.35 bits per heavy atom. The monoisotopic (exact) mass is 274 g/mol. The first-order valence-electron chi connectivity index (χ1n) is 8.46. The van der Waals surface area contributed by atoms with Crippen LogP contribution in [0.2, 0.25) is 0 Å². The first kappa shape index (κ1) is 13.9. The zero-order valence-electron chi connectivity index (χ0n) is 12.4. The van der Waals surface area contributed by atoms with Gasteiger partial charge in [-0.15, -0.1) is 0 Å². The molecule has 0 spiro atoms. The molecule has 3 rings (SSSR count). The number of carbonyl (C=O) groups is 1. The van der Waals surface area contributed by atoms with E-state index in [-0.39, 0.29) is 11.8 Å². The number of carbonyl (C=O) groups excluding carboxylic acids is 1. The second-order valence-corrected chi connectivity index (χ2v) is 7.04. The highest BCUT2D eigenvalue weighted by Crippen LogP contribution is 2.43. The van der Waals surface area contributed by atoms with Crippen molar-refractivity contribution >= 4 is 5.91 Å². The predicted molar refractivity (Wildman–Crippen MR) is 77.7 cm³/mol. The highest BCUT2D eigenvalue weighted by atomic mass is 16.2. The normalized spacial score (nSPS) is 35.1. The van der Waals surface area contributed by atoms with Gasteiger partial charge in [0.15, 0.2) is 0 Å². The summed E-state index contributed by atoms with van der Waals surface area (Å²) in [5, 5.41) is 8.94. The highest BCUT2D eigenvalue weighted by molar-refractivity contribution is 5.79. The first-order chi connectivity index (χ1) is 9.78. The zero-order valence-corrected chi connectivity index (χ0v) is 12.4. The van der Waals surface area contributed by atoms with Gasteiger partial charge >= 0.3 is 0 Å². The van der Waals surface area contributed by atoms with E-state index in [0.717, 1.165) is 50.6 Å². The SMILES string of the molecule is N#CC1CCN(C(=O)C2CCC3CCCCC3C2)CC1. The van der Waals surface area contributed by atoms with Crippen molar-refractivity contribution < 1.29 is 4.79 Å². The lowest BCUT2D eigenvalue weighted by Crippen LogP contribution is -2.44. The quantitative estimate of drug-likeness (QED) is 0.736. The summed E-state index contributed by atoms with van der Waals surface area (Å²) in [4.78, 5) is 14.7. The molecule has 1 saturated heterocycles. The summed E-state index contributed by atoms with van der Waals surface area (Å²) in [5.41, 5.74) is 0. The summed E-state index contributed by atoms with van der Waals surface area (Å²) in [6.45, 7) is 1.61. The van der Waals surface area contributed by atoms with Gasteiger partial charge in [-0.05, 0) is 43.9 Å². The topological polar surface area (TPSA) is 44.1 Å². The summed E-state index contributed by atoms with van der Waals surface area (Å²) in [5.74, 6) is 2.59. The molecule has 3 aliphatic rings. The largest absolute Gasteiger partial charge is 0.342 e. The molecular formula is C17H26N2O. The summed E-state index contributed by atoms with van der Waals surface area (Å²) in [7, 11) is 0. The van der Waals surface area contributed by atoms with Gasteiger partial charge in [0.1, 0.15) is 0 Å². The Morgan fingerprint density at radius 2 is 1.65 bits per heavy atom. The minimum Gasteiger partial charge on any atom is -0.342 e. The molecule has 3 unspecified atom stereocenters. The molecule has 2 saturated carbocycles. The Morgan fingerprint density at radius 1 is 0.950 bits per heavy atom. The molecule has 0 aromatic rings. The fraction of sp³-hybridized carbons (Fsp3) is 0.882. The van der Waals surface area contributed by atoms with Gasteiger partial charge < -0.3 is 4.90 Å². The second-order valence-electron chi connectivity index (χ2n) is 7.04. The molecule has 0 bridgehead atoms. The van der Waals surface area contributed by atoms with Gasteiger partial charge in [-0.25, -0.2) is 0 Å². The van der Waals surface area contributed by atoms with E-state index in [9.17, 15) is 4.79 Å². The lowest BCUT2D eigenvalue weighted by atomic mass is 9.67. The third-order valence-corrected chi connectivity index (χ3v) is 5.88. The third-order valence-electron chi connectivity index (χ3n) is 5.88. The number of hydrogen-bond donors (Lipinski definition) is 0. The number of amides is 1. The van der Waals surface area contributed by atoms with Gasteiger partial charge in [-0.1, -0.05) is 25.7 Å². The Bertz CT molecular complexity index is 392. The molecule has 1 amide bonds. The standard InChI is InChI=1S/C17H26N2O/c18-12-13-7-9-19(10-8-13)17(20)16-6-5-14-3-1-2-4-15(14)11-16/h13-16H,1-11H2. The molecule has 3 fully saturated rings. The molecule has 0 N–H and O–H groups in total. The van der Waals surface area contributed by atoms with Crippen molar-refractivity contribution in [1.82, 2.24) is 4.90 Å². The smallest absolute Gasteiger partial charge is 0.225 e. The number of nitrogens with zero attached hydrogens (tertiary/aromatic N) is 2. The van der Waals surface area contributed by atoms with Crippen LogP contribution in [0.5, 0.6) is 0 Å². The fourth-order valence-electron chi connectivity index (χ4n) is 4.58. The molecule has 3 atom stereocenters. The average molecular weight is 274 g/mol. The van der Waals surface area contributed by atoms with Crippen LogP contribution in [0.1, 0.15) is 57.8 Å². The van der Waals surface area contributed by atoms with Crippen molar-refractivity contribution in [2.45, 2.75) is 57.8 Å². The summed E-state index contributed by atoms with van der Waals surface area (Å²) < 4.78 is 0. The van der Waals surface area contributed by atoms with Crippen LogP contribution >= 0.6 is 0 Å². The van der Waals surface area contributed by atoms with E-state index in [1.165, 1.54) is 32.1 Å². The van der Waals surface area contributed by atoms with E-state index in [0.29, 0.717) is 5.91 Å². The van der Waals surface area contributed by atoms with Gasteiger partial charge in [0.25, 0.3) is 0 Å². The van der Waals surface area contributed by atoms with Gasteiger partial charge in [0, 0.05) is 24.9 Å². The molecule has 0 aromatic heterocycles. The van der Waals surface area contributed by atoms with Crippen LogP contribution in [0, 0.1) is 35.0 Å². The van der Waals surface area contributed by atoms with Crippen molar-refractivity contribution in [2.75, 3.05) is 13.1 Å². The van der Waals surface area contributed by atoms with Crippen LogP contribution in [0.4, 0.5) is 0 Å². The first-order valence-corrected chi connectivity index (χ1v) is 8.46. The average Bonchev–Trinajstić information content (AvgIpc) is 2.54. The molecule has 0 radical (unpaired) electrons. The summed E-state index contributed by atoms with van der Waals surface area (Å²) in [6, 6.07) is 2.34. The molecule has 2 aliphatic carbocycles. The van der Waals surface area contributed by atoms with Gasteiger partial charge in [-0.3, -0.25) is 4.79 Å². The van der Waals surface area contributed by atoms with E-state index in [1.807, 2.05) is 4.90 Å². The molecule has 0 aromatic carbocycles. The maximum atomic E-state index is 12.7. The van der Waals surface area contributed by atoms with Crippen LogP contribution in [-0.2, 0) is 4.79 Å². The van der Waals surface area contributed by atoms with Crippen molar-refractivity contribution in [2.24, 2.45) is 23.7 Å². The Labute approximate surface area is 122 Å². The lowest BCUT2D eigenvalue weighted by molar-refractivity contribution is -0.139.